The van der Waals surface area contributed by atoms with E-state index >= 15 is 0 Å². The van der Waals surface area contributed by atoms with Gasteiger partial charge in [0.25, 0.3) is 0 Å². The zero-order valence-electron chi connectivity index (χ0n) is 19.8. The van der Waals surface area contributed by atoms with Crippen molar-refractivity contribution in [2.75, 3.05) is 13.7 Å². The highest BCUT2D eigenvalue weighted by Gasteiger charge is 2.30. The number of halogens is 1. The Balaban J connectivity index is 1.54. The molecule has 2 heterocycles. The van der Waals surface area contributed by atoms with Gasteiger partial charge in [0, 0.05) is 40.7 Å². The number of carbonyl (C=O) groups excluding carboxylic acids is 3. The first-order valence-electron chi connectivity index (χ1n) is 11.8. The van der Waals surface area contributed by atoms with Crippen molar-refractivity contribution in [3.05, 3.63) is 64.8 Å². The van der Waals surface area contributed by atoms with E-state index in [1.54, 1.807) is 31.4 Å². The molecule has 1 aliphatic heterocycles. The Morgan fingerprint density at radius 3 is 2.75 bits per heavy atom. The van der Waals surface area contributed by atoms with Gasteiger partial charge in [-0.25, -0.2) is 0 Å². The zero-order chi connectivity index (χ0) is 25.7. The number of benzene rings is 2. The molecule has 2 amide bonds. The number of fused-ring (bicyclic) bond motifs is 1. The van der Waals surface area contributed by atoms with E-state index in [0.29, 0.717) is 29.4 Å². The van der Waals surface area contributed by atoms with Crippen LogP contribution < -0.4 is 15.4 Å². The number of nitrogens with zero attached hydrogens (tertiary/aromatic N) is 1. The second-order valence-corrected chi connectivity index (χ2v) is 9.40. The minimum absolute atomic E-state index is 0.0739. The highest BCUT2D eigenvalue weighted by Crippen LogP contribution is 2.27. The molecule has 1 saturated heterocycles. The summed E-state index contributed by atoms with van der Waals surface area (Å²) in [5, 5.41) is 16.4. The molecule has 1 aromatic heterocycles. The van der Waals surface area contributed by atoms with Gasteiger partial charge in [-0.15, -0.1) is 0 Å². The molecule has 0 radical (unpaired) electrons. The van der Waals surface area contributed by atoms with Crippen molar-refractivity contribution in [1.29, 1.82) is 5.26 Å². The average molecular weight is 507 g/mol. The van der Waals surface area contributed by atoms with Gasteiger partial charge in [-0.3, -0.25) is 14.4 Å². The van der Waals surface area contributed by atoms with Gasteiger partial charge in [-0.1, -0.05) is 29.8 Å². The van der Waals surface area contributed by atoms with E-state index in [0.717, 1.165) is 16.5 Å². The van der Waals surface area contributed by atoms with Crippen LogP contribution in [0.1, 0.15) is 35.3 Å². The van der Waals surface area contributed by atoms with Gasteiger partial charge in [0.15, 0.2) is 5.78 Å². The predicted molar refractivity (Wildman–Crippen MR) is 136 cm³/mol. The second kappa shape index (κ2) is 11.3. The number of nitrogens with one attached hydrogen (secondary N) is 3. The van der Waals surface area contributed by atoms with Gasteiger partial charge in [0.05, 0.1) is 18.9 Å². The van der Waals surface area contributed by atoms with Crippen LogP contribution in [-0.2, 0) is 16.0 Å². The van der Waals surface area contributed by atoms with Crippen LogP contribution in [0.5, 0.6) is 5.75 Å². The monoisotopic (exact) mass is 506 g/mol. The maximum Gasteiger partial charge on any atom is 0.224 e. The van der Waals surface area contributed by atoms with Crippen molar-refractivity contribution in [3.63, 3.8) is 0 Å². The minimum atomic E-state index is -0.833. The highest BCUT2D eigenvalue weighted by atomic mass is 35.5. The standard InChI is InChI=1S/C27H27ClN4O4/c1-36-25-7-3-6-22-21(25)14-23(32-22)24(33)13-18(10-16-4-2-5-19(28)11-16)27(35)31-20(15-29)12-17-8-9-30-26(17)34/h2-7,11,14,17-18,20,32H,8-10,12-13H2,1H3,(H,30,34)(H,31,35)/t17?,18-,20+/m1/s1. The Morgan fingerprint density at radius 2 is 2.06 bits per heavy atom. The van der Waals surface area contributed by atoms with E-state index in [1.165, 1.54) is 0 Å². The summed E-state index contributed by atoms with van der Waals surface area (Å²) in [6, 6.07) is 15.6. The van der Waals surface area contributed by atoms with Gasteiger partial charge < -0.3 is 20.4 Å². The van der Waals surface area contributed by atoms with E-state index in [-0.39, 0.29) is 36.9 Å². The molecule has 1 unspecified atom stereocenters. The van der Waals surface area contributed by atoms with Crippen LogP contribution in [0.4, 0.5) is 0 Å². The number of hydrogen-bond acceptors (Lipinski definition) is 5. The van der Waals surface area contributed by atoms with Crippen LogP contribution in [0, 0.1) is 23.2 Å². The van der Waals surface area contributed by atoms with Crippen molar-refractivity contribution in [2.24, 2.45) is 11.8 Å². The molecule has 9 heteroatoms. The Bertz CT molecular complexity index is 1330. The lowest BCUT2D eigenvalue weighted by Crippen LogP contribution is -2.41. The summed E-state index contributed by atoms with van der Waals surface area (Å²) < 4.78 is 5.38. The number of ether oxygens (including phenoxy) is 1. The molecule has 186 valence electrons. The summed E-state index contributed by atoms with van der Waals surface area (Å²) in [7, 11) is 1.56. The van der Waals surface area contributed by atoms with Gasteiger partial charge in [0.2, 0.25) is 11.8 Å². The fourth-order valence-electron chi connectivity index (χ4n) is 4.58. The van der Waals surface area contributed by atoms with Crippen molar-refractivity contribution < 1.29 is 19.1 Å². The number of ketones is 1. The minimum Gasteiger partial charge on any atom is -0.496 e. The number of carbonyl (C=O) groups is 3. The molecule has 8 nitrogen and oxygen atoms in total. The summed E-state index contributed by atoms with van der Waals surface area (Å²) in [5.74, 6) is -1.17. The van der Waals surface area contributed by atoms with Crippen molar-refractivity contribution in [1.82, 2.24) is 15.6 Å². The number of amides is 2. The molecule has 0 bridgehead atoms. The lowest BCUT2D eigenvalue weighted by molar-refractivity contribution is -0.126. The van der Waals surface area contributed by atoms with Gasteiger partial charge in [-0.05, 0) is 55.2 Å². The molecule has 3 aromatic rings. The third-order valence-corrected chi connectivity index (χ3v) is 6.71. The number of methoxy groups -OCH3 is 1. The maximum atomic E-state index is 13.3. The molecule has 0 saturated carbocycles. The van der Waals surface area contributed by atoms with E-state index in [4.69, 9.17) is 16.3 Å². The quantitative estimate of drug-likeness (QED) is 0.361. The molecule has 2 aromatic carbocycles. The fraction of sp³-hybridized carbons (Fsp3) is 0.333. The summed E-state index contributed by atoms with van der Waals surface area (Å²) in [6.45, 7) is 0.566. The maximum absolute atomic E-state index is 13.3. The van der Waals surface area contributed by atoms with Crippen LogP contribution in [0.25, 0.3) is 10.9 Å². The fourth-order valence-corrected chi connectivity index (χ4v) is 4.80. The van der Waals surface area contributed by atoms with Crippen molar-refractivity contribution in [3.8, 4) is 11.8 Å². The molecular formula is C27H27ClN4O4. The molecular weight excluding hydrogens is 480 g/mol. The smallest absolute Gasteiger partial charge is 0.224 e. The predicted octanol–water partition coefficient (Wildman–Crippen LogP) is 3.80. The summed E-state index contributed by atoms with van der Waals surface area (Å²) in [5.41, 5.74) is 1.93. The number of aromatic amines is 1. The molecule has 3 atom stereocenters. The molecule has 1 fully saturated rings. The van der Waals surface area contributed by atoms with Gasteiger partial charge in [0.1, 0.15) is 11.8 Å². The second-order valence-electron chi connectivity index (χ2n) is 8.97. The van der Waals surface area contributed by atoms with E-state index in [9.17, 15) is 19.6 Å². The zero-order valence-corrected chi connectivity index (χ0v) is 20.6. The number of aromatic nitrogens is 1. The van der Waals surface area contributed by atoms with Crippen molar-refractivity contribution >= 4 is 40.1 Å². The van der Waals surface area contributed by atoms with Gasteiger partial charge >= 0.3 is 0 Å². The third kappa shape index (κ3) is 5.86. The number of Topliss-reactive ketones (excluding diaryl/α,β-unsaturated/α-hetero) is 1. The van der Waals surface area contributed by atoms with E-state index in [2.05, 4.69) is 21.7 Å². The van der Waals surface area contributed by atoms with Crippen LogP contribution in [-0.4, -0.2) is 42.3 Å². The molecule has 36 heavy (non-hydrogen) atoms. The average Bonchev–Trinajstić information content (AvgIpc) is 3.49. The van der Waals surface area contributed by atoms with Crippen LogP contribution in [0.2, 0.25) is 5.02 Å². The number of H-pyrrole nitrogens is 1. The Kier molecular flexibility index (Phi) is 7.91. The summed E-state index contributed by atoms with van der Waals surface area (Å²) in [4.78, 5) is 41.6. The first-order valence-corrected chi connectivity index (χ1v) is 12.2. The van der Waals surface area contributed by atoms with E-state index in [1.807, 2.05) is 24.3 Å². The first-order chi connectivity index (χ1) is 17.4. The first kappa shape index (κ1) is 25.3. The largest absolute Gasteiger partial charge is 0.496 e. The Morgan fingerprint density at radius 1 is 1.25 bits per heavy atom. The summed E-state index contributed by atoms with van der Waals surface area (Å²) in [6.07, 6.45) is 1.05. The van der Waals surface area contributed by atoms with E-state index < -0.39 is 17.9 Å². The lowest BCUT2D eigenvalue weighted by Gasteiger charge is -2.20. The molecule has 1 aliphatic rings. The topological polar surface area (TPSA) is 124 Å². The Labute approximate surface area is 214 Å². The molecule has 0 spiro atoms. The number of nitriles is 1. The highest BCUT2D eigenvalue weighted by molar-refractivity contribution is 6.30. The molecule has 4 rings (SSSR count). The summed E-state index contributed by atoms with van der Waals surface area (Å²) >= 11 is 6.13. The normalized spacial score (nSPS) is 16.7. The Hall–Kier alpha value is -3.83. The molecule has 0 aliphatic carbocycles. The third-order valence-electron chi connectivity index (χ3n) is 6.47. The van der Waals surface area contributed by atoms with Crippen LogP contribution in [0.3, 0.4) is 0 Å². The van der Waals surface area contributed by atoms with Crippen LogP contribution >= 0.6 is 11.6 Å². The SMILES string of the molecule is COc1cccc2[nH]c(C(=O)C[C@@H](Cc3cccc(Cl)c3)C(=O)N[C@H](C#N)CC3CCNC3=O)cc12. The number of rotatable bonds is 10. The van der Waals surface area contributed by atoms with Crippen LogP contribution in [0.15, 0.2) is 48.5 Å². The van der Waals surface area contributed by atoms with Crippen molar-refractivity contribution in [2.45, 2.75) is 31.7 Å². The lowest BCUT2D eigenvalue weighted by atomic mass is 9.91. The number of hydrogen-bond donors (Lipinski definition) is 3. The molecule has 3 N–H and O–H groups in total. The van der Waals surface area contributed by atoms with Gasteiger partial charge in [-0.2, -0.15) is 5.26 Å².